The number of amides is 2. The van der Waals surface area contributed by atoms with Gasteiger partial charge in [0.2, 0.25) is 5.71 Å². The Bertz CT molecular complexity index is 1660. The topological polar surface area (TPSA) is 75.4 Å². The Kier molecular flexibility index (Phi) is 5.96. The number of para-hydroxylation sites is 1. The summed E-state index contributed by atoms with van der Waals surface area (Å²) in [5.41, 5.74) is 4.17. The zero-order valence-corrected chi connectivity index (χ0v) is 20.6. The van der Waals surface area contributed by atoms with Crippen molar-refractivity contribution in [3.05, 3.63) is 108 Å². The van der Waals surface area contributed by atoms with Crippen molar-refractivity contribution < 1.29 is 18.4 Å². The van der Waals surface area contributed by atoms with Crippen LogP contribution in [0.25, 0.3) is 33.6 Å². The van der Waals surface area contributed by atoms with Crippen LogP contribution in [0, 0.1) is 5.82 Å². The van der Waals surface area contributed by atoms with Gasteiger partial charge in [0, 0.05) is 41.7 Å². The molecule has 1 aliphatic carbocycles. The van der Waals surface area contributed by atoms with E-state index in [-0.39, 0.29) is 23.7 Å². The van der Waals surface area contributed by atoms with Gasteiger partial charge in [0.1, 0.15) is 11.6 Å². The molecule has 2 heterocycles. The molecule has 0 atom stereocenters. The van der Waals surface area contributed by atoms with Crippen molar-refractivity contribution in [3.8, 4) is 22.5 Å². The number of aromatic nitrogens is 1. The average Bonchev–Trinajstić information content (AvgIpc) is 3.72. The van der Waals surface area contributed by atoms with Crippen LogP contribution < -0.4 is 10.2 Å². The van der Waals surface area contributed by atoms with Gasteiger partial charge in [-0.3, -0.25) is 9.59 Å². The smallest absolute Gasteiger partial charge is 0.258 e. The maximum Gasteiger partial charge on any atom is 0.258 e. The summed E-state index contributed by atoms with van der Waals surface area (Å²) in [6, 6.07) is 24.9. The zero-order chi connectivity index (χ0) is 26.2. The molecule has 2 amide bonds. The Morgan fingerprint density at radius 1 is 0.921 bits per heavy atom. The van der Waals surface area contributed by atoms with E-state index in [0.717, 1.165) is 29.7 Å². The monoisotopic (exact) mass is 505 g/mol. The van der Waals surface area contributed by atoms with E-state index in [1.165, 1.54) is 12.1 Å². The average molecular weight is 506 g/mol. The minimum absolute atomic E-state index is 0.0532. The molecule has 6 nitrogen and oxygen atoms in total. The third-order valence-corrected chi connectivity index (χ3v) is 6.71. The van der Waals surface area contributed by atoms with Crippen molar-refractivity contribution in [3.63, 3.8) is 0 Å². The minimum Gasteiger partial charge on any atom is -0.437 e. The van der Waals surface area contributed by atoms with Crippen LogP contribution in [0.5, 0.6) is 0 Å². The van der Waals surface area contributed by atoms with E-state index < -0.39 is 0 Å². The molecule has 1 saturated carbocycles. The van der Waals surface area contributed by atoms with E-state index in [1.807, 2.05) is 65.6 Å². The lowest BCUT2D eigenvalue weighted by molar-refractivity contribution is 0.0962. The predicted molar refractivity (Wildman–Crippen MR) is 145 cm³/mol. The first-order valence-corrected chi connectivity index (χ1v) is 12.4. The van der Waals surface area contributed by atoms with Crippen LogP contribution in [0.3, 0.4) is 0 Å². The summed E-state index contributed by atoms with van der Waals surface area (Å²) < 4.78 is 19.5. The Morgan fingerprint density at radius 2 is 1.68 bits per heavy atom. The number of hydrogen-bond acceptors (Lipinski definition) is 4. The van der Waals surface area contributed by atoms with Crippen LogP contribution in [0.1, 0.15) is 33.6 Å². The van der Waals surface area contributed by atoms with E-state index >= 15 is 0 Å². The number of carbonyl (C=O) groups excluding carboxylic acids is 2. The second-order valence-electron chi connectivity index (χ2n) is 9.29. The third-order valence-electron chi connectivity index (χ3n) is 6.71. The van der Waals surface area contributed by atoms with Gasteiger partial charge < -0.3 is 14.6 Å². The van der Waals surface area contributed by atoms with Gasteiger partial charge in [0.25, 0.3) is 11.8 Å². The Morgan fingerprint density at radius 3 is 2.39 bits per heavy atom. The van der Waals surface area contributed by atoms with Crippen LogP contribution in [0.15, 0.2) is 95.5 Å². The highest BCUT2D eigenvalue weighted by Crippen LogP contribution is 2.36. The van der Waals surface area contributed by atoms with Crippen LogP contribution in [0.2, 0.25) is 0 Å². The lowest BCUT2D eigenvalue weighted by atomic mass is 10.0. The quantitative estimate of drug-likeness (QED) is 0.287. The standard InChI is InChI=1S/C31H24FN3O3/c1-33-29(36)27-26-17-22(18-34-30(26)38-28(27)19-10-12-23(32)13-11-19)20-6-5-7-21(16-20)31(37)35(25-14-15-25)24-8-3-2-4-9-24/h2-13,16-18,25H,14-15H2,1H3,(H,33,36). The molecular weight excluding hydrogens is 481 g/mol. The number of carbonyl (C=O) groups is 2. The molecule has 0 aliphatic heterocycles. The fourth-order valence-electron chi connectivity index (χ4n) is 4.68. The molecule has 0 bridgehead atoms. The maximum atomic E-state index is 13.6. The second kappa shape index (κ2) is 9.59. The maximum absolute atomic E-state index is 13.6. The van der Waals surface area contributed by atoms with Gasteiger partial charge in [-0.15, -0.1) is 0 Å². The first kappa shape index (κ1) is 23.6. The molecule has 38 heavy (non-hydrogen) atoms. The molecule has 0 radical (unpaired) electrons. The normalized spacial score (nSPS) is 12.9. The fourth-order valence-corrected chi connectivity index (χ4v) is 4.68. The minimum atomic E-state index is -0.381. The second-order valence-corrected chi connectivity index (χ2v) is 9.29. The predicted octanol–water partition coefficient (Wildman–Crippen LogP) is 6.47. The lowest BCUT2D eigenvalue weighted by Crippen LogP contribution is -2.33. The summed E-state index contributed by atoms with van der Waals surface area (Å²) in [6.07, 6.45) is 3.63. The number of nitrogens with one attached hydrogen (secondary N) is 1. The number of benzene rings is 3. The van der Waals surface area contributed by atoms with Gasteiger partial charge in [-0.1, -0.05) is 30.3 Å². The number of halogens is 1. The van der Waals surface area contributed by atoms with E-state index in [0.29, 0.717) is 33.6 Å². The van der Waals surface area contributed by atoms with Crippen molar-refractivity contribution in [1.29, 1.82) is 0 Å². The number of rotatable bonds is 6. The molecule has 2 aromatic heterocycles. The van der Waals surface area contributed by atoms with E-state index in [2.05, 4.69) is 10.3 Å². The van der Waals surface area contributed by atoms with Crippen LogP contribution in [-0.2, 0) is 0 Å². The first-order chi connectivity index (χ1) is 18.5. The Labute approximate surface area is 218 Å². The molecule has 3 aromatic carbocycles. The highest BCUT2D eigenvalue weighted by Gasteiger charge is 2.34. The summed E-state index contributed by atoms with van der Waals surface area (Å²) in [6.45, 7) is 0. The summed E-state index contributed by atoms with van der Waals surface area (Å²) in [5, 5.41) is 3.19. The molecule has 1 aliphatic rings. The van der Waals surface area contributed by atoms with Gasteiger partial charge in [0.15, 0.2) is 0 Å². The Hall–Kier alpha value is -4.78. The molecule has 5 aromatic rings. The van der Waals surface area contributed by atoms with Gasteiger partial charge in [-0.25, -0.2) is 9.37 Å². The van der Waals surface area contributed by atoms with E-state index in [4.69, 9.17) is 4.42 Å². The van der Waals surface area contributed by atoms with Crippen molar-refractivity contribution >= 4 is 28.6 Å². The molecule has 188 valence electrons. The molecule has 0 unspecified atom stereocenters. The SMILES string of the molecule is CNC(=O)c1c(-c2ccc(F)cc2)oc2ncc(-c3cccc(C(=O)N(c4ccccc4)C4CC4)c3)cc12. The highest BCUT2D eigenvalue weighted by atomic mass is 19.1. The Balaban J connectivity index is 1.41. The van der Waals surface area contributed by atoms with Crippen LogP contribution >= 0.6 is 0 Å². The summed E-state index contributed by atoms with van der Waals surface area (Å²) >= 11 is 0. The molecule has 1 fully saturated rings. The third kappa shape index (κ3) is 4.32. The number of pyridine rings is 1. The summed E-state index contributed by atoms with van der Waals surface area (Å²) in [5.74, 6) is -0.457. The zero-order valence-electron chi connectivity index (χ0n) is 20.6. The number of nitrogens with zero attached hydrogens (tertiary/aromatic N) is 2. The van der Waals surface area contributed by atoms with Crippen LogP contribution in [-0.4, -0.2) is 29.9 Å². The van der Waals surface area contributed by atoms with Crippen molar-refractivity contribution in [1.82, 2.24) is 10.3 Å². The molecule has 0 spiro atoms. The van der Waals surface area contributed by atoms with Crippen molar-refractivity contribution in [2.75, 3.05) is 11.9 Å². The van der Waals surface area contributed by atoms with E-state index in [9.17, 15) is 14.0 Å². The van der Waals surface area contributed by atoms with Crippen molar-refractivity contribution in [2.24, 2.45) is 0 Å². The fraction of sp³-hybridized carbons (Fsp3) is 0.129. The summed E-state index contributed by atoms with van der Waals surface area (Å²) in [4.78, 5) is 32.9. The number of hydrogen-bond donors (Lipinski definition) is 1. The number of furan rings is 1. The van der Waals surface area contributed by atoms with Gasteiger partial charge in [-0.05, 0) is 73.0 Å². The van der Waals surface area contributed by atoms with Crippen molar-refractivity contribution in [2.45, 2.75) is 18.9 Å². The number of anilines is 1. The first-order valence-electron chi connectivity index (χ1n) is 12.4. The van der Waals surface area contributed by atoms with Crippen LogP contribution in [0.4, 0.5) is 10.1 Å². The van der Waals surface area contributed by atoms with E-state index in [1.54, 1.807) is 25.4 Å². The molecular formula is C31H24FN3O3. The number of fused-ring (bicyclic) bond motifs is 1. The highest BCUT2D eigenvalue weighted by molar-refractivity contribution is 6.11. The largest absolute Gasteiger partial charge is 0.437 e. The van der Waals surface area contributed by atoms with Gasteiger partial charge >= 0.3 is 0 Å². The van der Waals surface area contributed by atoms with Gasteiger partial charge in [0.05, 0.1) is 10.9 Å². The lowest BCUT2D eigenvalue weighted by Gasteiger charge is -2.23. The molecule has 0 saturated heterocycles. The molecule has 1 N–H and O–H groups in total. The molecule has 6 rings (SSSR count). The summed E-state index contributed by atoms with van der Waals surface area (Å²) in [7, 11) is 1.54. The van der Waals surface area contributed by atoms with Gasteiger partial charge in [-0.2, -0.15) is 0 Å². The molecule has 7 heteroatoms.